The number of hydrogen-bond acceptors (Lipinski definition) is 2. The van der Waals surface area contributed by atoms with Crippen molar-refractivity contribution in [2.75, 3.05) is 5.32 Å². The summed E-state index contributed by atoms with van der Waals surface area (Å²) in [5.74, 6) is -0.217. The number of rotatable bonds is 2. The molecule has 1 aromatic carbocycles. The molecule has 0 radical (unpaired) electrons. The molecule has 0 aliphatic rings. The fraction of sp³-hybridized carbons (Fsp3) is 0. The Labute approximate surface area is 118 Å². The molecule has 0 unspecified atom stereocenters. The van der Waals surface area contributed by atoms with Crippen LogP contribution in [0.3, 0.4) is 0 Å². The number of hydrogen-bond donors (Lipinski definition) is 1. The summed E-state index contributed by atoms with van der Waals surface area (Å²) < 4.78 is 2.75. The summed E-state index contributed by atoms with van der Waals surface area (Å²) in [7, 11) is 0. The third-order valence-corrected chi connectivity index (χ3v) is 3.15. The van der Waals surface area contributed by atoms with Gasteiger partial charge in [-0.25, -0.2) is 4.98 Å². The Morgan fingerprint density at radius 2 is 1.89 bits per heavy atom. The zero-order valence-electron chi connectivity index (χ0n) is 9.88. The van der Waals surface area contributed by atoms with Gasteiger partial charge in [-0.15, -0.1) is 0 Å². The maximum Gasteiger partial charge on any atom is 0.275 e. The van der Waals surface area contributed by atoms with Crippen molar-refractivity contribution in [3.63, 3.8) is 0 Å². The van der Waals surface area contributed by atoms with Gasteiger partial charge in [0.1, 0.15) is 11.3 Å². The van der Waals surface area contributed by atoms with Gasteiger partial charge < -0.3 is 9.72 Å². The largest absolute Gasteiger partial charge is 0.321 e. The molecule has 94 valence electrons. The first kappa shape index (κ1) is 11.9. The molecule has 0 aliphatic heterocycles. The third-order valence-electron chi connectivity index (χ3n) is 2.68. The van der Waals surface area contributed by atoms with Crippen LogP contribution in [0.15, 0.2) is 59.3 Å². The fourth-order valence-electron chi connectivity index (χ4n) is 1.79. The summed E-state index contributed by atoms with van der Waals surface area (Å²) in [6.07, 6.45) is 3.57. The lowest BCUT2D eigenvalue weighted by atomic mass is 10.3. The van der Waals surface area contributed by atoms with Crippen LogP contribution in [0, 0.1) is 0 Å². The van der Waals surface area contributed by atoms with Crippen molar-refractivity contribution in [1.82, 2.24) is 9.38 Å². The highest BCUT2D eigenvalue weighted by molar-refractivity contribution is 9.10. The zero-order chi connectivity index (χ0) is 13.2. The number of benzene rings is 1. The quantitative estimate of drug-likeness (QED) is 0.788. The molecule has 0 saturated carbocycles. The number of para-hydroxylation sites is 1. The number of imidazole rings is 1. The van der Waals surface area contributed by atoms with E-state index in [4.69, 9.17) is 0 Å². The number of amides is 1. The van der Waals surface area contributed by atoms with E-state index in [0.717, 1.165) is 15.8 Å². The van der Waals surface area contributed by atoms with Crippen LogP contribution in [-0.2, 0) is 0 Å². The van der Waals surface area contributed by atoms with Crippen LogP contribution in [0.1, 0.15) is 10.5 Å². The summed E-state index contributed by atoms with van der Waals surface area (Å²) in [4.78, 5) is 16.3. The topological polar surface area (TPSA) is 46.4 Å². The molecule has 4 nitrogen and oxygen atoms in total. The molecule has 0 spiro atoms. The van der Waals surface area contributed by atoms with E-state index in [-0.39, 0.29) is 5.91 Å². The molecule has 5 heteroatoms. The molecule has 2 aromatic heterocycles. The number of pyridine rings is 1. The molecule has 3 aromatic rings. The van der Waals surface area contributed by atoms with E-state index in [1.54, 1.807) is 6.20 Å². The number of aromatic nitrogens is 2. The van der Waals surface area contributed by atoms with Crippen LogP contribution in [0.5, 0.6) is 0 Å². The van der Waals surface area contributed by atoms with Crippen molar-refractivity contribution in [2.24, 2.45) is 0 Å². The first-order valence-electron chi connectivity index (χ1n) is 5.73. The molecular weight excluding hydrogens is 306 g/mol. The molecule has 1 N–H and O–H groups in total. The zero-order valence-corrected chi connectivity index (χ0v) is 11.5. The van der Waals surface area contributed by atoms with Gasteiger partial charge in [0.05, 0.1) is 0 Å². The summed E-state index contributed by atoms with van der Waals surface area (Å²) in [6, 6.07) is 13.1. The number of nitrogens with one attached hydrogen (secondary N) is 1. The van der Waals surface area contributed by atoms with Gasteiger partial charge in [0.25, 0.3) is 5.91 Å². The average Bonchev–Trinajstić information content (AvgIpc) is 2.83. The highest BCUT2D eigenvalue weighted by Gasteiger charge is 2.10. The van der Waals surface area contributed by atoms with Crippen LogP contribution in [0.2, 0.25) is 0 Å². The lowest BCUT2D eigenvalue weighted by Crippen LogP contribution is -2.11. The number of nitrogens with zero attached hydrogens (tertiary/aromatic N) is 2. The Hall–Kier alpha value is -2.14. The molecule has 1 amide bonds. The van der Waals surface area contributed by atoms with E-state index >= 15 is 0 Å². The van der Waals surface area contributed by atoms with Crippen molar-refractivity contribution in [2.45, 2.75) is 0 Å². The predicted octanol–water partition coefficient (Wildman–Crippen LogP) is 3.35. The molecule has 2 heterocycles. The minimum absolute atomic E-state index is 0.217. The maximum absolute atomic E-state index is 12.1. The number of carbonyl (C=O) groups is 1. The van der Waals surface area contributed by atoms with E-state index in [1.165, 1.54) is 0 Å². The highest BCUT2D eigenvalue weighted by atomic mass is 79.9. The van der Waals surface area contributed by atoms with E-state index in [2.05, 4.69) is 26.2 Å². The number of carbonyl (C=O) groups excluding carboxylic acids is 1. The second-order valence-corrected chi connectivity index (χ2v) is 4.97. The van der Waals surface area contributed by atoms with E-state index in [9.17, 15) is 4.79 Å². The minimum atomic E-state index is -0.217. The van der Waals surface area contributed by atoms with E-state index < -0.39 is 0 Å². The Kier molecular flexibility index (Phi) is 3.05. The molecule has 0 atom stereocenters. The highest BCUT2D eigenvalue weighted by Crippen LogP contribution is 2.13. The van der Waals surface area contributed by atoms with Crippen molar-refractivity contribution < 1.29 is 4.79 Å². The number of anilines is 1. The second-order valence-electron chi connectivity index (χ2n) is 4.06. The predicted molar refractivity (Wildman–Crippen MR) is 77.3 cm³/mol. The minimum Gasteiger partial charge on any atom is -0.321 e. The Morgan fingerprint density at radius 3 is 2.68 bits per heavy atom. The van der Waals surface area contributed by atoms with Gasteiger partial charge in [-0.1, -0.05) is 18.2 Å². The van der Waals surface area contributed by atoms with Crippen LogP contribution in [0.4, 0.5) is 5.69 Å². The van der Waals surface area contributed by atoms with Gasteiger partial charge in [-0.2, -0.15) is 0 Å². The SMILES string of the molecule is O=C(Nc1ccccc1)c1cn2cc(Br)ccc2n1. The summed E-state index contributed by atoms with van der Waals surface area (Å²) in [5, 5.41) is 2.81. The van der Waals surface area contributed by atoms with Gasteiger partial charge in [0.15, 0.2) is 0 Å². The van der Waals surface area contributed by atoms with Gasteiger partial charge in [-0.05, 0) is 40.2 Å². The molecule has 19 heavy (non-hydrogen) atoms. The summed E-state index contributed by atoms with van der Waals surface area (Å²) in [5.41, 5.74) is 1.88. The van der Waals surface area contributed by atoms with Crippen LogP contribution in [-0.4, -0.2) is 15.3 Å². The monoisotopic (exact) mass is 315 g/mol. The Morgan fingerprint density at radius 1 is 1.11 bits per heavy atom. The molecule has 0 aliphatic carbocycles. The Balaban J connectivity index is 1.89. The lowest BCUT2D eigenvalue weighted by molar-refractivity contribution is 0.102. The van der Waals surface area contributed by atoms with Crippen molar-refractivity contribution >= 4 is 33.2 Å². The smallest absolute Gasteiger partial charge is 0.275 e. The first-order valence-corrected chi connectivity index (χ1v) is 6.52. The molecule has 0 saturated heterocycles. The second kappa shape index (κ2) is 4.85. The van der Waals surface area contributed by atoms with Gasteiger partial charge in [0, 0.05) is 22.6 Å². The fourth-order valence-corrected chi connectivity index (χ4v) is 2.14. The van der Waals surface area contributed by atoms with E-state index in [0.29, 0.717) is 5.69 Å². The van der Waals surface area contributed by atoms with Crippen molar-refractivity contribution in [3.8, 4) is 0 Å². The van der Waals surface area contributed by atoms with Crippen LogP contribution < -0.4 is 5.32 Å². The summed E-state index contributed by atoms with van der Waals surface area (Å²) in [6.45, 7) is 0. The molecule has 0 bridgehead atoms. The Bertz CT molecular complexity index is 737. The first-order chi connectivity index (χ1) is 9.22. The van der Waals surface area contributed by atoms with Crippen LogP contribution in [0.25, 0.3) is 5.65 Å². The van der Waals surface area contributed by atoms with Crippen LogP contribution >= 0.6 is 15.9 Å². The van der Waals surface area contributed by atoms with E-state index in [1.807, 2.05) is 53.1 Å². The average molecular weight is 316 g/mol. The number of fused-ring (bicyclic) bond motifs is 1. The normalized spacial score (nSPS) is 10.6. The standard InChI is InChI=1S/C14H10BrN3O/c15-10-6-7-13-17-12(9-18(13)8-10)14(19)16-11-4-2-1-3-5-11/h1-9H,(H,16,19). The maximum atomic E-state index is 12.1. The number of halogens is 1. The molecular formula is C14H10BrN3O. The van der Waals surface area contributed by atoms with Gasteiger partial charge in [0.2, 0.25) is 0 Å². The van der Waals surface area contributed by atoms with Crippen molar-refractivity contribution in [3.05, 3.63) is 65.0 Å². The molecule has 0 fully saturated rings. The summed E-state index contributed by atoms with van der Waals surface area (Å²) >= 11 is 3.38. The molecule has 3 rings (SSSR count). The van der Waals surface area contributed by atoms with Crippen molar-refractivity contribution in [1.29, 1.82) is 0 Å². The van der Waals surface area contributed by atoms with Gasteiger partial charge in [-0.3, -0.25) is 4.79 Å². The van der Waals surface area contributed by atoms with Gasteiger partial charge >= 0.3 is 0 Å². The third kappa shape index (κ3) is 2.51. The lowest BCUT2D eigenvalue weighted by Gasteiger charge is -2.01.